The number of nitrogens with one attached hydrogen (secondary N) is 3. The van der Waals surface area contributed by atoms with Crippen LogP contribution in [0.15, 0.2) is 47.4 Å². The van der Waals surface area contributed by atoms with Gasteiger partial charge in [0.25, 0.3) is 15.7 Å². The third-order valence-electron chi connectivity index (χ3n) is 3.30. The Kier molecular flexibility index (Phi) is 6.15. The van der Waals surface area contributed by atoms with Gasteiger partial charge in [-0.2, -0.15) is 0 Å². The van der Waals surface area contributed by atoms with E-state index in [-0.39, 0.29) is 27.8 Å². The van der Waals surface area contributed by atoms with Gasteiger partial charge in [0.05, 0.1) is 19.1 Å². The molecule has 2 rings (SSSR count). The van der Waals surface area contributed by atoms with E-state index in [4.69, 9.17) is 9.47 Å². The number of non-ortho nitro benzene ring substituents is 1. The van der Waals surface area contributed by atoms with Crippen molar-refractivity contribution in [3.63, 3.8) is 0 Å². The average molecular weight is 396 g/mol. The molecule has 0 spiro atoms. The van der Waals surface area contributed by atoms with Crippen LogP contribution in [0.1, 0.15) is 0 Å². The summed E-state index contributed by atoms with van der Waals surface area (Å²) in [4.78, 5) is 23.5. The minimum Gasteiger partial charge on any atom is -0.497 e. The molecule has 0 aliphatic heterocycles. The van der Waals surface area contributed by atoms with Crippen LogP contribution in [0.5, 0.6) is 11.5 Å². The molecule has 27 heavy (non-hydrogen) atoms. The first kappa shape index (κ1) is 19.9. The second-order valence-electron chi connectivity index (χ2n) is 5.01. The number of methoxy groups -OCH3 is 2. The number of amides is 2. The summed E-state index contributed by atoms with van der Waals surface area (Å²) in [6, 6.07) is 8.26. The topological polar surface area (TPSA) is 149 Å². The molecule has 0 bridgehead atoms. The molecule has 0 aliphatic carbocycles. The van der Waals surface area contributed by atoms with E-state index in [1.807, 2.05) is 10.3 Å². The summed E-state index contributed by atoms with van der Waals surface area (Å²) in [5, 5.41) is 12.9. The highest BCUT2D eigenvalue weighted by molar-refractivity contribution is 7.89. The summed E-state index contributed by atoms with van der Waals surface area (Å²) in [6.07, 6.45) is 0. The summed E-state index contributed by atoms with van der Waals surface area (Å²) in [5.74, 6) is 0.340. The molecule has 0 saturated heterocycles. The molecule has 3 N–H and O–H groups in total. The minimum absolute atomic E-state index is 0.0564. The van der Waals surface area contributed by atoms with Gasteiger partial charge >= 0.3 is 6.03 Å². The van der Waals surface area contributed by atoms with Gasteiger partial charge in [0.1, 0.15) is 16.4 Å². The van der Waals surface area contributed by atoms with Crippen LogP contribution in [0.2, 0.25) is 0 Å². The van der Waals surface area contributed by atoms with Gasteiger partial charge in [-0.25, -0.2) is 13.2 Å². The van der Waals surface area contributed by atoms with Crippen LogP contribution < -0.4 is 25.0 Å². The standard InChI is InChI=1S/C15H16N4O7S/c1-25-12-7-8-13(26-2)14(9-12)27(23,24)18-17-15(20)16-10-3-5-11(6-4-10)19(21)22/h3-9,18H,1-2H3,(H2,16,17,20). The van der Waals surface area contributed by atoms with Crippen LogP contribution in [0.25, 0.3) is 0 Å². The first-order valence-corrected chi connectivity index (χ1v) is 8.80. The fourth-order valence-corrected chi connectivity index (χ4v) is 3.02. The lowest BCUT2D eigenvalue weighted by Crippen LogP contribution is -2.43. The van der Waals surface area contributed by atoms with Crippen LogP contribution in [0.4, 0.5) is 16.2 Å². The molecule has 2 aromatic rings. The Balaban J connectivity index is 2.06. The van der Waals surface area contributed by atoms with E-state index in [1.54, 1.807) is 0 Å². The monoisotopic (exact) mass is 396 g/mol. The largest absolute Gasteiger partial charge is 0.497 e. The smallest absolute Gasteiger partial charge is 0.334 e. The Hall–Kier alpha value is -3.38. The molecule has 0 atom stereocenters. The number of sulfonamides is 1. The number of rotatable bonds is 7. The third-order valence-corrected chi connectivity index (χ3v) is 4.56. The van der Waals surface area contributed by atoms with Crippen molar-refractivity contribution >= 4 is 27.4 Å². The lowest BCUT2D eigenvalue weighted by atomic mass is 10.3. The molecule has 0 fully saturated rings. The second-order valence-corrected chi connectivity index (χ2v) is 6.66. The number of nitro benzene ring substituents is 1. The van der Waals surface area contributed by atoms with E-state index in [1.165, 1.54) is 56.7 Å². The van der Waals surface area contributed by atoms with Crippen molar-refractivity contribution in [2.24, 2.45) is 0 Å². The quantitative estimate of drug-likeness (QED) is 0.475. The number of hydrogen-bond donors (Lipinski definition) is 3. The number of benzene rings is 2. The number of urea groups is 1. The number of hydrazine groups is 1. The predicted octanol–water partition coefficient (Wildman–Crippen LogP) is 1.63. The van der Waals surface area contributed by atoms with Crippen molar-refractivity contribution in [3.8, 4) is 11.5 Å². The molecule has 144 valence electrons. The third kappa shape index (κ3) is 5.05. The molecule has 0 aromatic heterocycles. The lowest BCUT2D eigenvalue weighted by molar-refractivity contribution is -0.384. The van der Waals surface area contributed by atoms with E-state index < -0.39 is 21.0 Å². The molecule has 2 aromatic carbocycles. The number of anilines is 1. The maximum Gasteiger partial charge on any atom is 0.334 e. The van der Waals surface area contributed by atoms with Gasteiger partial charge in [0.2, 0.25) is 0 Å². The number of hydrogen-bond acceptors (Lipinski definition) is 7. The molecule has 11 nitrogen and oxygen atoms in total. The van der Waals surface area contributed by atoms with Crippen LogP contribution >= 0.6 is 0 Å². The molecular formula is C15H16N4O7S. The normalized spacial score (nSPS) is 10.7. The van der Waals surface area contributed by atoms with E-state index in [2.05, 4.69) is 5.32 Å². The van der Waals surface area contributed by atoms with Crippen molar-refractivity contribution in [1.29, 1.82) is 0 Å². The van der Waals surface area contributed by atoms with Gasteiger partial charge in [-0.15, -0.1) is 4.83 Å². The first-order chi connectivity index (χ1) is 12.8. The average Bonchev–Trinajstić information content (AvgIpc) is 2.66. The number of nitrogens with zero attached hydrogens (tertiary/aromatic N) is 1. The summed E-state index contributed by atoms with van der Waals surface area (Å²) in [5.41, 5.74) is 2.06. The maximum absolute atomic E-state index is 12.4. The van der Waals surface area contributed by atoms with Crippen molar-refractivity contribution < 1.29 is 27.6 Å². The van der Waals surface area contributed by atoms with Crippen molar-refractivity contribution in [2.75, 3.05) is 19.5 Å². The molecule has 0 radical (unpaired) electrons. The van der Waals surface area contributed by atoms with E-state index in [9.17, 15) is 23.3 Å². The number of carbonyl (C=O) groups is 1. The molecule has 0 aliphatic rings. The fraction of sp³-hybridized carbons (Fsp3) is 0.133. The van der Waals surface area contributed by atoms with Gasteiger partial charge in [0.15, 0.2) is 0 Å². The Labute approximate surface area is 154 Å². The van der Waals surface area contributed by atoms with Crippen molar-refractivity contribution in [1.82, 2.24) is 10.3 Å². The number of ether oxygens (including phenoxy) is 2. The Bertz CT molecular complexity index is 945. The van der Waals surface area contributed by atoms with E-state index >= 15 is 0 Å². The predicted molar refractivity (Wildman–Crippen MR) is 95.1 cm³/mol. The van der Waals surface area contributed by atoms with Gasteiger partial charge in [-0.3, -0.25) is 15.5 Å². The zero-order valence-electron chi connectivity index (χ0n) is 14.3. The van der Waals surface area contributed by atoms with E-state index in [0.717, 1.165) is 0 Å². The lowest BCUT2D eigenvalue weighted by Gasteiger charge is -2.13. The van der Waals surface area contributed by atoms with Gasteiger partial charge in [0, 0.05) is 23.9 Å². The maximum atomic E-state index is 12.4. The van der Waals surface area contributed by atoms with Crippen molar-refractivity contribution in [2.45, 2.75) is 4.90 Å². The van der Waals surface area contributed by atoms with Crippen molar-refractivity contribution in [3.05, 3.63) is 52.6 Å². The van der Waals surface area contributed by atoms with Crippen LogP contribution in [0.3, 0.4) is 0 Å². The summed E-state index contributed by atoms with van der Waals surface area (Å²) in [6.45, 7) is 0. The van der Waals surface area contributed by atoms with E-state index in [0.29, 0.717) is 0 Å². The fourth-order valence-electron chi connectivity index (χ4n) is 1.99. The summed E-state index contributed by atoms with van der Waals surface area (Å²) < 4.78 is 34.8. The Morgan fingerprint density at radius 3 is 2.30 bits per heavy atom. The van der Waals surface area contributed by atoms with Gasteiger partial charge in [-0.1, -0.05) is 0 Å². The minimum atomic E-state index is -4.16. The molecule has 0 saturated carbocycles. The summed E-state index contributed by atoms with van der Waals surface area (Å²) in [7, 11) is -1.48. The van der Waals surface area contributed by atoms with Gasteiger partial charge < -0.3 is 14.8 Å². The summed E-state index contributed by atoms with van der Waals surface area (Å²) >= 11 is 0. The first-order valence-electron chi connectivity index (χ1n) is 7.32. The highest BCUT2D eigenvalue weighted by Gasteiger charge is 2.21. The molecule has 2 amide bonds. The van der Waals surface area contributed by atoms with Crippen LogP contribution in [0, 0.1) is 10.1 Å². The Morgan fingerprint density at radius 1 is 1.07 bits per heavy atom. The SMILES string of the molecule is COc1ccc(OC)c(S(=O)(=O)NNC(=O)Nc2ccc([N+](=O)[O-])cc2)c1. The van der Waals surface area contributed by atoms with Crippen LogP contribution in [-0.2, 0) is 10.0 Å². The zero-order valence-corrected chi connectivity index (χ0v) is 15.1. The molecule has 12 heteroatoms. The van der Waals surface area contributed by atoms with Gasteiger partial charge in [-0.05, 0) is 24.3 Å². The zero-order chi connectivity index (χ0) is 20.0. The highest BCUT2D eigenvalue weighted by atomic mass is 32.2. The number of carbonyl (C=O) groups excluding carboxylic acids is 1. The van der Waals surface area contributed by atoms with Crippen LogP contribution in [-0.4, -0.2) is 33.6 Å². The second kappa shape index (κ2) is 8.33. The molecule has 0 unspecified atom stereocenters. The highest BCUT2D eigenvalue weighted by Crippen LogP contribution is 2.27. The number of nitro groups is 1. The Morgan fingerprint density at radius 2 is 1.74 bits per heavy atom. The molecule has 0 heterocycles. The molecular weight excluding hydrogens is 380 g/mol.